The summed E-state index contributed by atoms with van der Waals surface area (Å²) in [6.07, 6.45) is 3.07. The summed E-state index contributed by atoms with van der Waals surface area (Å²) in [5.41, 5.74) is 1.97. The first kappa shape index (κ1) is 11.4. The topological polar surface area (TPSA) is 70.2 Å². The van der Waals surface area contributed by atoms with Gasteiger partial charge in [-0.3, -0.25) is 4.68 Å². The van der Waals surface area contributed by atoms with Crippen molar-refractivity contribution >= 4 is 5.97 Å². The Labute approximate surface area is 98.2 Å². The first-order valence-corrected chi connectivity index (χ1v) is 5.15. The number of esters is 1. The molecular weight excluding hydrogens is 222 g/mol. The zero-order valence-electron chi connectivity index (χ0n) is 9.93. The summed E-state index contributed by atoms with van der Waals surface area (Å²) in [5.74, 6) is 0.264. The molecule has 6 nitrogen and oxygen atoms in total. The molecule has 0 atom stereocenters. The minimum atomic E-state index is -0.405. The maximum absolute atomic E-state index is 11.6. The number of nitrogens with zero attached hydrogens (tertiary/aromatic N) is 3. The van der Waals surface area contributed by atoms with Gasteiger partial charge >= 0.3 is 5.97 Å². The lowest BCUT2D eigenvalue weighted by molar-refractivity contribution is 0.0471. The van der Waals surface area contributed by atoms with Crippen LogP contribution < -0.4 is 0 Å². The van der Waals surface area contributed by atoms with Gasteiger partial charge in [0.05, 0.1) is 23.0 Å². The standard InChI is InChI=1S/C11H13N3O3/c1-7-10(8(2)17-13-7)6-16-11(15)9-4-12-14(3)5-9/h4-5H,6H2,1-3H3. The molecule has 0 aliphatic rings. The van der Waals surface area contributed by atoms with E-state index in [1.54, 1.807) is 24.9 Å². The zero-order valence-corrected chi connectivity index (χ0v) is 9.93. The molecule has 0 aromatic carbocycles. The van der Waals surface area contributed by atoms with E-state index in [9.17, 15) is 4.79 Å². The van der Waals surface area contributed by atoms with E-state index in [1.807, 2.05) is 6.92 Å². The molecule has 2 rings (SSSR count). The summed E-state index contributed by atoms with van der Waals surface area (Å²) in [6, 6.07) is 0. The van der Waals surface area contributed by atoms with Crippen molar-refractivity contribution in [2.45, 2.75) is 20.5 Å². The van der Waals surface area contributed by atoms with Gasteiger partial charge in [0.15, 0.2) is 0 Å². The van der Waals surface area contributed by atoms with Gasteiger partial charge < -0.3 is 9.26 Å². The normalized spacial score (nSPS) is 10.5. The van der Waals surface area contributed by atoms with Crippen LogP contribution in [0.5, 0.6) is 0 Å². The largest absolute Gasteiger partial charge is 0.457 e. The Morgan fingerprint density at radius 1 is 1.53 bits per heavy atom. The van der Waals surface area contributed by atoms with Gasteiger partial charge in [-0.1, -0.05) is 5.16 Å². The molecule has 0 bridgehead atoms. The molecule has 0 amide bonds. The van der Waals surface area contributed by atoms with E-state index in [2.05, 4.69) is 10.3 Å². The summed E-state index contributed by atoms with van der Waals surface area (Å²) in [5, 5.41) is 7.69. The van der Waals surface area contributed by atoms with Crippen molar-refractivity contribution in [2.75, 3.05) is 0 Å². The Morgan fingerprint density at radius 2 is 2.29 bits per heavy atom. The van der Waals surface area contributed by atoms with E-state index in [0.717, 1.165) is 11.3 Å². The van der Waals surface area contributed by atoms with Crippen molar-refractivity contribution in [3.63, 3.8) is 0 Å². The Balaban J connectivity index is 2.02. The highest BCUT2D eigenvalue weighted by Gasteiger charge is 2.13. The lowest BCUT2D eigenvalue weighted by Crippen LogP contribution is -2.05. The molecule has 2 aromatic rings. The van der Waals surface area contributed by atoms with Crippen molar-refractivity contribution in [1.29, 1.82) is 0 Å². The summed E-state index contributed by atoms with van der Waals surface area (Å²) >= 11 is 0. The smallest absolute Gasteiger partial charge is 0.341 e. The lowest BCUT2D eigenvalue weighted by atomic mass is 10.2. The number of carbonyl (C=O) groups is 1. The molecule has 17 heavy (non-hydrogen) atoms. The van der Waals surface area contributed by atoms with Crippen molar-refractivity contribution in [3.05, 3.63) is 35.0 Å². The molecule has 0 aliphatic heterocycles. The molecule has 90 valence electrons. The minimum Gasteiger partial charge on any atom is -0.457 e. The van der Waals surface area contributed by atoms with Crippen molar-refractivity contribution < 1.29 is 14.1 Å². The van der Waals surface area contributed by atoms with Crippen LogP contribution in [0.25, 0.3) is 0 Å². The summed E-state index contributed by atoms with van der Waals surface area (Å²) < 4.78 is 11.7. The molecule has 6 heteroatoms. The summed E-state index contributed by atoms with van der Waals surface area (Å²) in [6.45, 7) is 3.76. The average Bonchev–Trinajstić information content (AvgIpc) is 2.84. The third kappa shape index (κ3) is 2.35. The monoisotopic (exact) mass is 235 g/mol. The van der Waals surface area contributed by atoms with E-state index in [0.29, 0.717) is 11.3 Å². The van der Waals surface area contributed by atoms with Gasteiger partial charge in [-0.05, 0) is 13.8 Å². The zero-order chi connectivity index (χ0) is 12.4. The van der Waals surface area contributed by atoms with Crippen LogP contribution in [0.4, 0.5) is 0 Å². The van der Waals surface area contributed by atoms with Gasteiger partial charge in [0, 0.05) is 13.2 Å². The molecule has 0 fully saturated rings. The number of rotatable bonds is 3. The third-order valence-electron chi connectivity index (χ3n) is 2.47. The van der Waals surface area contributed by atoms with Crippen LogP contribution in [0.1, 0.15) is 27.4 Å². The number of aryl methyl sites for hydroxylation is 3. The number of hydrogen-bond acceptors (Lipinski definition) is 5. The Bertz CT molecular complexity index is 522. The summed E-state index contributed by atoms with van der Waals surface area (Å²) in [7, 11) is 1.74. The highest BCUT2D eigenvalue weighted by Crippen LogP contribution is 2.14. The number of hydrogen-bond donors (Lipinski definition) is 0. The molecule has 2 heterocycles. The maximum Gasteiger partial charge on any atom is 0.341 e. The molecule has 0 saturated carbocycles. The van der Waals surface area contributed by atoms with Gasteiger partial charge in [0.25, 0.3) is 0 Å². The number of ether oxygens (including phenoxy) is 1. The summed E-state index contributed by atoms with van der Waals surface area (Å²) in [4.78, 5) is 11.6. The first-order valence-electron chi connectivity index (χ1n) is 5.15. The lowest BCUT2D eigenvalue weighted by Gasteiger charge is -2.02. The van der Waals surface area contributed by atoms with Crippen molar-refractivity contribution in [3.8, 4) is 0 Å². The quantitative estimate of drug-likeness (QED) is 0.752. The van der Waals surface area contributed by atoms with Crippen molar-refractivity contribution in [2.24, 2.45) is 7.05 Å². The molecule has 2 aromatic heterocycles. The van der Waals surface area contributed by atoms with Gasteiger partial charge in [0.1, 0.15) is 12.4 Å². The maximum atomic E-state index is 11.6. The van der Waals surface area contributed by atoms with Gasteiger partial charge in [-0.2, -0.15) is 5.10 Å². The Hall–Kier alpha value is -2.11. The Morgan fingerprint density at radius 3 is 2.82 bits per heavy atom. The van der Waals surface area contributed by atoms with Crippen LogP contribution in [-0.4, -0.2) is 20.9 Å². The molecular formula is C11H13N3O3. The second-order valence-corrected chi connectivity index (χ2v) is 3.78. The first-order chi connectivity index (χ1) is 8.08. The van der Waals surface area contributed by atoms with Crippen molar-refractivity contribution in [1.82, 2.24) is 14.9 Å². The van der Waals surface area contributed by atoms with E-state index < -0.39 is 5.97 Å². The molecule has 0 unspecified atom stereocenters. The van der Waals surface area contributed by atoms with E-state index in [1.165, 1.54) is 6.20 Å². The molecule has 0 spiro atoms. The highest BCUT2D eigenvalue weighted by atomic mass is 16.5. The predicted molar refractivity (Wildman–Crippen MR) is 58.3 cm³/mol. The van der Waals surface area contributed by atoms with Crippen LogP contribution in [0.2, 0.25) is 0 Å². The second kappa shape index (κ2) is 4.40. The average molecular weight is 235 g/mol. The number of aromatic nitrogens is 3. The third-order valence-corrected chi connectivity index (χ3v) is 2.47. The van der Waals surface area contributed by atoms with Crippen LogP contribution in [0.3, 0.4) is 0 Å². The predicted octanol–water partition coefficient (Wildman–Crippen LogP) is 1.38. The van der Waals surface area contributed by atoms with Crippen LogP contribution >= 0.6 is 0 Å². The molecule has 0 saturated heterocycles. The van der Waals surface area contributed by atoms with Crippen LogP contribution in [-0.2, 0) is 18.4 Å². The highest BCUT2D eigenvalue weighted by molar-refractivity contribution is 5.88. The van der Waals surface area contributed by atoms with Gasteiger partial charge in [-0.15, -0.1) is 0 Å². The van der Waals surface area contributed by atoms with E-state index in [-0.39, 0.29) is 6.61 Å². The fraction of sp³-hybridized carbons (Fsp3) is 0.364. The fourth-order valence-electron chi connectivity index (χ4n) is 1.46. The molecule has 0 N–H and O–H groups in total. The number of carbonyl (C=O) groups excluding carboxylic acids is 1. The van der Waals surface area contributed by atoms with Gasteiger partial charge in [-0.25, -0.2) is 4.79 Å². The molecule has 0 aliphatic carbocycles. The van der Waals surface area contributed by atoms with Crippen LogP contribution in [0, 0.1) is 13.8 Å². The van der Waals surface area contributed by atoms with Gasteiger partial charge in [0.2, 0.25) is 0 Å². The molecule has 0 radical (unpaired) electrons. The SMILES string of the molecule is Cc1noc(C)c1COC(=O)c1cnn(C)c1. The van der Waals surface area contributed by atoms with E-state index >= 15 is 0 Å². The minimum absolute atomic E-state index is 0.162. The fourth-order valence-corrected chi connectivity index (χ4v) is 1.46. The van der Waals surface area contributed by atoms with Crippen LogP contribution in [0.15, 0.2) is 16.9 Å². The van der Waals surface area contributed by atoms with E-state index in [4.69, 9.17) is 9.26 Å². The Kier molecular flexibility index (Phi) is 2.95. The second-order valence-electron chi connectivity index (χ2n) is 3.78.